The van der Waals surface area contributed by atoms with Gasteiger partial charge in [-0.1, -0.05) is 73.8 Å². The molecule has 5 rings (SSSR count). The summed E-state index contributed by atoms with van der Waals surface area (Å²) in [7, 11) is 0. The lowest BCUT2D eigenvalue weighted by molar-refractivity contribution is -0.124. The number of aliphatic hydroxyl groups is 1. The third-order valence-corrected chi connectivity index (χ3v) is 9.33. The molecule has 38 heavy (non-hydrogen) atoms. The van der Waals surface area contributed by atoms with Gasteiger partial charge in [0.25, 0.3) is 0 Å². The molecule has 2 aromatic rings. The highest BCUT2D eigenvalue weighted by molar-refractivity contribution is 6.42. The number of rotatable bonds is 4. The molecule has 4 N–H and O–H groups in total. The Morgan fingerprint density at radius 1 is 1.11 bits per heavy atom. The van der Waals surface area contributed by atoms with Crippen LogP contribution in [0, 0.1) is 5.41 Å². The van der Waals surface area contributed by atoms with Crippen LogP contribution >= 0.6 is 34.8 Å². The van der Waals surface area contributed by atoms with E-state index < -0.39 is 17.4 Å². The summed E-state index contributed by atoms with van der Waals surface area (Å²) in [5, 5.41) is 21.0. The van der Waals surface area contributed by atoms with Gasteiger partial charge in [-0.05, 0) is 66.8 Å². The van der Waals surface area contributed by atoms with Gasteiger partial charge in [0.05, 0.1) is 22.2 Å². The second kappa shape index (κ2) is 10.3. The first-order valence-corrected chi connectivity index (χ1v) is 14.3. The molecule has 2 fully saturated rings. The molecule has 2 heterocycles. The molecule has 0 bridgehead atoms. The monoisotopic (exact) mass is 577 g/mol. The van der Waals surface area contributed by atoms with E-state index in [4.69, 9.17) is 34.8 Å². The molecule has 1 saturated carbocycles. The zero-order valence-electron chi connectivity index (χ0n) is 21.8. The van der Waals surface area contributed by atoms with E-state index in [0.29, 0.717) is 58.4 Å². The number of benzene rings is 2. The number of hydrogen-bond donors (Lipinski definition) is 4. The maximum atomic E-state index is 14.2. The van der Waals surface area contributed by atoms with Crippen LogP contribution < -0.4 is 16.0 Å². The van der Waals surface area contributed by atoms with Gasteiger partial charge in [-0.3, -0.25) is 9.59 Å². The van der Waals surface area contributed by atoms with Crippen LogP contribution in [0.15, 0.2) is 36.4 Å². The predicted molar refractivity (Wildman–Crippen MR) is 152 cm³/mol. The number of carbonyl (C=O) groups excluding carboxylic acids is 2. The second-order valence-electron chi connectivity index (χ2n) is 12.1. The van der Waals surface area contributed by atoms with Crippen LogP contribution in [0.1, 0.15) is 69.9 Å². The van der Waals surface area contributed by atoms with E-state index in [-0.39, 0.29) is 35.4 Å². The van der Waals surface area contributed by atoms with Gasteiger partial charge in [0, 0.05) is 28.7 Å². The van der Waals surface area contributed by atoms with Crippen LogP contribution in [0.2, 0.25) is 15.1 Å². The predicted octanol–water partition coefficient (Wildman–Crippen LogP) is 5.82. The summed E-state index contributed by atoms with van der Waals surface area (Å²) in [4.78, 5) is 28.2. The zero-order chi connectivity index (χ0) is 27.4. The first-order valence-electron chi connectivity index (χ1n) is 13.2. The van der Waals surface area contributed by atoms with Crippen LogP contribution in [0.25, 0.3) is 0 Å². The van der Waals surface area contributed by atoms with Crippen molar-refractivity contribution in [2.45, 2.75) is 88.4 Å². The number of carbonyl (C=O) groups is 2. The van der Waals surface area contributed by atoms with Gasteiger partial charge in [-0.15, -0.1) is 0 Å². The third-order valence-electron chi connectivity index (χ3n) is 8.26. The van der Waals surface area contributed by atoms with Crippen LogP contribution in [0.5, 0.6) is 0 Å². The van der Waals surface area contributed by atoms with Gasteiger partial charge in [-0.2, -0.15) is 0 Å². The van der Waals surface area contributed by atoms with Crippen LogP contribution in [-0.4, -0.2) is 41.2 Å². The highest BCUT2D eigenvalue weighted by atomic mass is 35.5. The van der Waals surface area contributed by atoms with E-state index in [1.807, 2.05) is 12.1 Å². The van der Waals surface area contributed by atoms with Crippen molar-refractivity contribution in [1.82, 2.24) is 10.6 Å². The Balaban J connectivity index is 1.67. The normalized spacial score (nSPS) is 30.8. The smallest absolute Gasteiger partial charge is 0.238 e. The van der Waals surface area contributed by atoms with Crippen molar-refractivity contribution in [3.05, 3.63) is 62.6 Å². The average molecular weight is 579 g/mol. The maximum absolute atomic E-state index is 14.2. The molecule has 0 aromatic heterocycles. The molecule has 1 spiro atoms. The fourth-order valence-electron chi connectivity index (χ4n) is 6.66. The molecule has 4 atom stereocenters. The number of hydrogen-bond acceptors (Lipinski definition) is 4. The zero-order valence-corrected chi connectivity index (χ0v) is 24.1. The minimum atomic E-state index is -1.12. The molecule has 2 aliphatic heterocycles. The van der Waals surface area contributed by atoms with E-state index in [2.05, 4.69) is 36.7 Å². The third kappa shape index (κ3) is 4.84. The molecule has 1 aliphatic carbocycles. The summed E-state index contributed by atoms with van der Waals surface area (Å²) in [6, 6.07) is 9.67. The fourth-order valence-corrected chi connectivity index (χ4v) is 7.26. The van der Waals surface area contributed by atoms with E-state index in [0.717, 1.165) is 5.56 Å². The lowest BCUT2D eigenvalue weighted by Crippen LogP contribution is -2.49. The molecular formula is C29H34Cl3N3O3. The molecule has 204 valence electrons. The molecule has 1 saturated heterocycles. The summed E-state index contributed by atoms with van der Waals surface area (Å²) in [6.07, 6.45) is 3.03. The van der Waals surface area contributed by atoms with Crippen molar-refractivity contribution in [2.24, 2.45) is 5.41 Å². The molecule has 9 heteroatoms. The van der Waals surface area contributed by atoms with E-state index in [1.165, 1.54) is 0 Å². The molecule has 3 aliphatic rings. The number of amides is 2. The molecule has 2 amide bonds. The minimum Gasteiger partial charge on any atom is -0.393 e. The van der Waals surface area contributed by atoms with Crippen molar-refractivity contribution in [3.63, 3.8) is 0 Å². The van der Waals surface area contributed by atoms with Crippen molar-refractivity contribution < 1.29 is 14.7 Å². The number of nitrogens with one attached hydrogen (secondary N) is 3. The van der Waals surface area contributed by atoms with Gasteiger partial charge >= 0.3 is 0 Å². The average Bonchev–Trinajstić information content (AvgIpc) is 3.31. The van der Waals surface area contributed by atoms with Crippen molar-refractivity contribution in [1.29, 1.82) is 0 Å². The van der Waals surface area contributed by atoms with Crippen LogP contribution in [0.4, 0.5) is 5.69 Å². The van der Waals surface area contributed by atoms with Crippen molar-refractivity contribution >= 4 is 52.3 Å². The Bertz CT molecular complexity index is 1260. The fraction of sp³-hybridized carbons (Fsp3) is 0.517. The Morgan fingerprint density at radius 3 is 2.50 bits per heavy atom. The second-order valence-corrected chi connectivity index (χ2v) is 13.3. The van der Waals surface area contributed by atoms with Gasteiger partial charge in [0.2, 0.25) is 11.8 Å². The standard InChI is InChI=1S/C29H34Cl3N3O3/c1-28(2,3)14-22-29(19-12-7-15(30)13-21(19)34-27(29)38)23(18-5-4-6-20(31)24(18)32)25(35-22)26(37)33-16-8-10-17(36)11-9-16/h4-7,12-13,16-17,22-23,25,35-36H,8-11,14H2,1-3H3,(H,33,37)(H,34,38)/t16-,17+,22-,23-,25+,29+/m0/s1. The van der Waals surface area contributed by atoms with Gasteiger partial charge < -0.3 is 21.1 Å². The van der Waals surface area contributed by atoms with Crippen LogP contribution in [0.3, 0.4) is 0 Å². The summed E-state index contributed by atoms with van der Waals surface area (Å²) in [6.45, 7) is 6.38. The number of halogens is 3. The first kappa shape index (κ1) is 27.7. The molecular weight excluding hydrogens is 545 g/mol. The number of fused-ring (bicyclic) bond motifs is 2. The topological polar surface area (TPSA) is 90.5 Å². The van der Waals surface area contributed by atoms with Crippen LogP contribution in [-0.2, 0) is 15.0 Å². The maximum Gasteiger partial charge on any atom is 0.238 e. The highest BCUT2D eigenvalue weighted by Crippen LogP contribution is 2.57. The largest absolute Gasteiger partial charge is 0.393 e. The summed E-state index contributed by atoms with van der Waals surface area (Å²) in [5.41, 5.74) is 0.833. The minimum absolute atomic E-state index is 0.0377. The highest BCUT2D eigenvalue weighted by Gasteiger charge is 2.66. The van der Waals surface area contributed by atoms with Crippen molar-refractivity contribution in [3.8, 4) is 0 Å². The number of aliphatic hydroxyl groups excluding tert-OH is 1. The molecule has 0 unspecified atom stereocenters. The Kier molecular flexibility index (Phi) is 7.51. The number of anilines is 1. The summed E-state index contributed by atoms with van der Waals surface area (Å²) >= 11 is 19.6. The summed E-state index contributed by atoms with van der Waals surface area (Å²) < 4.78 is 0. The molecule has 6 nitrogen and oxygen atoms in total. The van der Waals surface area contributed by atoms with E-state index in [9.17, 15) is 14.7 Å². The Hall–Kier alpha value is -1.83. The molecule has 0 radical (unpaired) electrons. The van der Waals surface area contributed by atoms with Gasteiger partial charge in [0.15, 0.2) is 0 Å². The Morgan fingerprint density at radius 2 is 1.82 bits per heavy atom. The van der Waals surface area contributed by atoms with Gasteiger partial charge in [-0.25, -0.2) is 0 Å². The summed E-state index contributed by atoms with van der Waals surface area (Å²) in [5.74, 6) is -0.996. The first-order chi connectivity index (χ1) is 17.9. The lowest BCUT2D eigenvalue weighted by Gasteiger charge is -2.38. The quantitative estimate of drug-likeness (QED) is 0.368. The molecule has 2 aromatic carbocycles. The Labute approximate surface area is 238 Å². The lowest BCUT2D eigenvalue weighted by atomic mass is 9.62. The van der Waals surface area contributed by atoms with Gasteiger partial charge in [0.1, 0.15) is 5.41 Å². The van der Waals surface area contributed by atoms with E-state index >= 15 is 0 Å². The van der Waals surface area contributed by atoms with E-state index in [1.54, 1.807) is 24.3 Å². The van der Waals surface area contributed by atoms with Crippen molar-refractivity contribution in [2.75, 3.05) is 5.32 Å². The SMILES string of the molecule is CC(C)(C)C[C@@H]1N[C@@H](C(=O)N[C@H]2CC[C@@H](O)CC2)[C@H](c2cccc(Cl)c2Cl)[C@]12C(=O)Nc1cc(Cl)ccc12.